The molecule has 3 nitrogen and oxygen atoms in total. The number of ether oxygens (including phenoxy) is 1. The molecule has 0 radical (unpaired) electrons. The molecule has 0 saturated carbocycles. The van der Waals surface area contributed by atoms with Gasteiger partial charge >= 0.3 is 0 Å². The molecule has 1 aromatic heterocycles. The van der Waals surface area contributed by atoms with Crippen molar-refractivity contribution in [3.8, 4) is 0 Å². The van der Waals surface area contributed by atoms with Crippen LogP contribution in [0.4, 0.5) is 0 Å². The first kappa shape index (κ1) is 13.5. The molecule has 0 spiro atoms. The SMILES string of the molecule is CCOCC(=O)N(CC)Cc1ccc(Cl)s1. The third-order valence-electron chi connectivity index (χ3n) is 2.14. The van der Waals surface area contributed by atoms with E-state index in [9.17, 15) is 4.79 Å². The monoisotopic (exact) mass is 261 g/mol. The lowest BCUT2D eigenvalue weighted by Crippen LogP contribution is -2.33. The second-order valence-corrected chi connectivity index (χ2v) is 5.05. The molecular weight excluding hydrogens is 246 g/mol. The van der Waals surface area contributed by atoms with Crippen molar-refractivity contribution in [2.45, 2.75) is 20.4 Å². The predicted octanol–water partition coefficient (Wildman–Crippen LogP) is 2.79. The minimum absolute atomic E-state index is 0.0221. The Balaban J connectivity index is 2.51. The van der Waals surface area contributed by atoms with Crippen molar-refractivity contribution in [1.29, 1.82) is 0 Å². The van der Waals surface area contributed by atoms with Crippen LogP contribution in [-0.2, 0) is 16.1 Å². The van der Waals surface area contributed by atoms with Crippen LogP contribution in [0.2, 0.25) is 4.34 Å². The highest BCUT2D eigenvalue weighted by Gasteiger charge is 2.12. The van der Waals surface area contributed by atoms with Gasteiger partial charge in [-0.1, -0.05) is 11.6 Å². The van der Waals surface area contributed by atoms with E-state index < -0.39 is 0 Å². The molecule has 0 atom stereocenters. The Morgan fingerprint density at radius 1 is 1.50 bits per heavy atom. The van der Waals surface area contributed by atoms with Crippen molar-refractivity contribution >= 4 is 28.8 Å². The second-order valence-electron chi connectivity index (χ2n) is 3.25. The smallest absolute Gasteiger partial charge is 0.248 e. The highest BCUT2D eigenvalue weighted by Crippen LogP contribution is 2.22. The normalized spacial score (nSPS) is 10.4. The van der Waals surface area contributed by atoms with E-state index in [0.717, 1.165) is 9.21 Å². The van der Waals surface area contributed by atoms with E-state index in [1.165, 1.54) is 11.3 Å². The summed E-state index contributed by atoms with van der Waals surface area (Å²) in [4.78, 5) is 14.6. The lowest BCUT2D eigenvalue weighted by molar-refractivity contribution is -0.136. The number of nitrogens with zero attached hydrogens (tertiary/aromatic N) is 1. The number of thiophene rings is 1. The Kier molecular flexibility index (Phi) is 5.80. The molecule has 1 aromatic rings. The Morgan fingerprint density at radius 2 is 2.25 bits per heavy atom. The average Bonchev–Trinajstić information content (AvgIpc) is 2.68. The molecule has 0 fully saturated rings. The summed E-state index contributed by atoms with van der Waals surface area (Å²) in [6.07, 6.45) is 0. The van der Waals surface area contributed by atoms with Gasteiger partial charge in [0.2, 0.25) is 5.91 Å². The van der Waals surface area contributed by atoms with Crippen LogP contribution < -0.4 is 0 Å². The quantitative estimate of drug-likeness (QED) is 0.788. The minimum Gasteiger partial charge on any atom is -0.372 e. The molecule has 1 rings (SSSR count). The van der Waals surface area contributed by atoms with Crippen LogP contribution in [-0.4, -0.2) is 30.6 Å². The zero-order chi connectivity index (χ0) is 12.0. The fraction of sp³-hybridized carbons (Fsp3) is 0.545. The van der Waals surface area contributed by atoms with E-state index >= 15 is 0 Å². The summed E-state index contributed by atoms with van der Waals surface area (Å²) in [6, 6.07) is 3.80. The number of rotatable bonds is 6. The van der Waals surface area contributed by atoms with Gasteiger partial charge in [0.1, 0.15) is 6.61 Å². The molecule has 0 N–H and O–H groups in total. The highest BCUT2D eigenvalue weighted by molar-refractivity contribution is 7.16. The minimum atomic E-state index is 0.0221. The summed E-state index contributed by atoms with van der Waals surface area (Å²) in [5.41, 5.74) is 0. The van der Waals surface area contributed by atoms with E-state index in [-0.39, 0.29) is 12.5 Å². The first-order valence-electron chi connectivity index (χ1n) is 5.27. The maximum Gasteiger partial charge on any atom is 0.248 e. The van der Waals surface area contributed by atoms with Crippen molar-refractivity contribution < 1.29 is 9.53 Å². The van der Waals surface area contributed by atoms with Crippen LogP contribution in [0.3, 0.4) is 0 Å². The second kappa shape index (κ2) is 6.89. The molecule has 16 heavy (non-hydrogen) atoms. The van der Waals surface area contributed by atoms with E-state index in [1.54, 1.807) is 4.90 Å². The van der Waals surface area contributed by atoms with Gasteiger partial charge in [-0.2, -0.15) is 0 Å². The van der Waals surface area contributed by atoms with Crippen molar-refractivity contribution in [1.82, 2.24) is 4.90 Å². The van der Waals surface area contributed by atoms with Gasteiger partial charge in [-0.25, -0.2) is 0 Å². The van der Waals surface area contributed by atoms with Crippen LogP contribution >= 0.6 is 22.9 Å². The summed E-state index contributed by atoms with van der Waals surface area (Å²) in [6.45, 7) is 5.85. The maximum absolute atomic E-state index is 11.7. The van der Waals surface area contributed by atoms with Gasteiger partial charge < -0.3 is 9.64 Å². The molecule has 5 heteroatoms. The number of amides is 1. The molecule has 0 aromatic carbocycles. The summed E-state index contributed by atoms with van der Waals surface area (Å²) in [7, 11) is 0. The first-order chi connectivity index (χ1) is 7.67. The average molecular weight is 262 g/mol. The van der Waals surface area contributed by atoms with Crippen LogP contribution in [0.1, 0.15) is 18.7 Å². The number of carbonyl (C=O) groups is 1. The first-order valence-corrected chi connectivity index (χ1v) is 6.46. The Labute approximate surface area is 105 Å². The van der Waals surface area contributed by atoms with Crippen LogP contribution in [0, 0.1) is 0 Å². The molecule has 90 valence electrons. The van der Waals surface area contributed by atoms with Gasteiger partial charge in [-0.15, -0.1) is 11.3 Å². The Hall–Kier alpha value is -0.580. The lowest BCUT2D eigenvalue weighted by Gasteiger charge is -2.19. The summed E-state index contributed by atoms with van der Waals surface area (Å²) in [5.74, 6) is 0.0221. The fourth-order valence-electron chi connectivity index (χ4n) is 1.28. The summed E-state index contributed by atoms with van der Waals surface area (Å²) in [5, 5.41) is 0. The van der Waals surface area contributed by atoms with Gasteiger partial charge in [-0.05, 0) is 26.0 Å². The third-order valence-corrected chi connectivity index (χ3v) is 3.36. The van der Waals surface area contributed by atoms with Crippen molar-refractivity contribution in [3.63, 3.8) is 0 Å². The molecule has 0 aliphatic carbocycles. The van der Waals surface area contributed by atoms with Gasteiger partial charge in [0.05, 0.1) is 10.9 Å². The zero-order valence-corrected chi connectivity index (χ0v) is 11.1. The standard InChI is InChI=1S/C11H16ClNO2S/c1-3-13(11(14)8-15-4-2)7-9-5-6-10(12)16-9/h5-6H,3-4,7-8H2,1-2H3. The number of hydrogen-bond donors (Lipinski definition) is 0. The molecule has 0 saturated heterocycles. The largest absolute Gasteiger partial charge is 0.372 e. The number of hydrogen-bond acceptors (Lipinski definition) is 3. The topological polar surface area (TPSA) is 29.5 Å². The molecule has 1 heterocycles. The maximum atomic E-state index is 11.7. The van der Waals surface area contributed by atoms with Crippen LogP contribution in [0.15, 0.2) is 12.1 Å². The van der Waals surface area contributed by atoms with Gasteiger partial charge in [-0.3, -0.25) is 4.79 Å². The van der Waals surface area contributed by atoms with Crippen LogP contribution in [0.5, 0.6) is 0 Å². The fourth-order valence-corrected chi connectivity index (χ4v) is 2.39. The summed E-state index contributed by atoms with van der Waals surface area (Å²) < 4.78 is 5.86. The van der Waals surface area contributed by atoms with Crippen molar-refractivity contribution in [2.24, 2.45) is 0 Å². The number of likely N-dealkylation sites (N-methyl/N-ethyl adjacent to an activating group) is 1. The van der Waals surface area contributed by atoms with Crippen molar-refractivity contribution in [3.05, 3.63) is 21.3 Å². The molecule has 0 aliphatic rings. The van der Waals surface area contributed by atoms with Gasteiger partial charge in [0, 0.05) is 18.0 Å². The van der Waals surface area contributed by atoms with Crippen LogP contribution in [0.25, 0.3) is 0 Å². The third kappa shape index (κ3) is 4.12. The van der Waals surface area contributed by atoms with Gasteiger partial charge in [0.15, 0.2) is 0 Å². The van der Waals surface area contributed by atoms with E-state index in [2.05, 4.69) is 0 Å². The number of carbonyl (C=O) groups excluding carboxylic acids is 1. The number of halogens is 1. The predicted molar refractivity (Wildman–Crippen MR) is 66.9 cm³/mol. The molecule has 1 amide bonds. The van der Waals surface area contributed by atoms with Crippen molar-refractivity contribution in [2.75, 3.05) is 19.8 Å². The van der Waals surface area contributed by atoms with E-state index in [0.29, 0.717) is 19.7 Å². The zero-order valence-electron chi connectivity index (χ0n) is 9.53. The van der Waals surface area contributed by atoms with E-state index in [1.807, 2.05) is 26.0 Å². The molecule has 0 aliphatic heterocycles. The van der Waals surface area contributed by atoms with Gasteiger partial charge in [0.25, 0.3) is 0 Å². The van der Waals surface area contributed by atoms with E-state index in [4.69, 9.17) is 16.3 Å². The molecule has 0 bridgehead atoms. The molecular formula is C11H16ClNO2S. The Morgan fingerprint density at radius 3 is 2.75 bits per heavy atom. The lowest BCUT2D eigenvalue weighted by atomic mass is 10.4. The Bertz CT molecular complexity index is 340. The molecule has 0 unspecified atom stereocenters. The highest BCUT2D eigenvalue weighted by atomic mass is 35.5. The summed E-state index contributed by atoms with van der Waals surface area (Å²) >= 11 is 7.34.